The van der Waals surface area contributed by atoms with Crippen molar-refractivity contribution >= 4 is 5.97 Å². The van der Waals surface area contributed by atoms with Gasteiger partial charge in [0.25, 0.3) is 5.56 Å². The lowest BCUT2D eigenvalue weighted by molar-refractivity contribution is -0.168. The molecule has 22 heavy (non-hydrogen) atoms. The van der Waals surface area contributed by atoms with Gasteiger partial charge in [0.1, 0.15) is 19.4 Å². The molecule has 0 aromatic carbocycles. The number of nitrogens with one attached hydrogen (secondary N) is 1. The number of aromatic amines is 1. The summed E-state index contributed by atoms with van der Waals surface area (Å²) < 4.78 is 37.9. The molecule has 0 saturated carbocycles. The highest BCUT2D eigenvalue weighted by Gasteiger charge is 2.57. The molecule has 10 heteroatoms. The first kappa shape index (κ1) is 16.3. The minimum atomic E-state index is -2.16. The summed E-state index contributed by atoms with van der Waals surface area (Å²) >= 11 is 0. The summed E-state index contributed by atoms with van der Waals surface area (Å²) in [6.07, 6.45) is -4.81. The highest BCUT2D eigenvalue weighted by atomic mass is 19.1. The van der Waals surface area contributed by atoms with E-state index in [2.05, 4.69) is 4.74 Å². The topological polar surface area (TPSA) is 111 Å². The minimum Gasteiger partial charge on any atom is -0.463 e. The molecule has 1 aromatic heterocycles. The lowest BCUT2D eigenvalue weighted by Crippen LogP contribution is -2.48. The first-order valence-corrected chi connectivity index (χ1v) is 6.31. The molecule has 122 valence electrons. The molecule has 1 fully saturated rings. The number of hydrogen-bond donors (Lipinski definition) is 2. The van der Waals surface area contributed by atoms with Gasteiger partial charge < -0.3 is 14.6 Å². The molecule has 2 heterocycles. The van der Waals surface area contributed by atoms with Gasteiger partial charge in [0.05, 0.1) is 0 Å². The second-order valence-electron chi connectivity index (χ2n) is 4.89. The standard InChI is InChI=1S/C12H14F2N2O6/c1-6(17)21-5-12(4-13)9(19)8(14)10(22-12)16-3-2-7(18)15-11(16)20/h2-3,8-10,19H,4-5H2,1H3,(H,15,18,20)/t8-,9+,10-,12-/m1/s1. The molecule has 0 bridgehead atoms. The number of H-pyrrole nitrogens is 1. The van der Waals surface area contributed by atoms with E-state index >= 15 is 0 Å². The first-order valence-electron chi connectivity index (χ1n) is 6.31. The van der Waals surface area contributed by atoms with Gasteiger partial charge in [-0.3, -0.25) is 19.1 Å². The molecule has 2 rings (SSSR count). The van der Waals surface area contributed by atoms with Crippen molar-refractivity contribution in [2.24, 2.45) is 0 Å². The molecular formula is C12H14F2N2O6. The molecule has 8 nitrogen and oxygen atoms in total. The summed E-state index contributed by atoms with van der Waals surface area (Å²) in [6, 6.07) is 0.950. The number of aliphatic hydroxyl groups is 1. The average molecular weight is 320 g/mol. The first-order chi connectivity index (χ1) is 10.3. The summed E-state index contributed by atoms with van der Waals surface area (Å²) in [5.74, 6) is -0.760. The van der Waals surface area contributed by atoms with Crippen LogP contribution < -0.4 is 11.2 Å². The number of nitrogens with zero attached hydrogens (tertiary/aromatic N) is 1. The third-order valence-electron chi connectivity index (χ3n) is 3.34. The number of ether oxygens (including phenoxy) is 2. The Kier molecular flexibility index (Phi) is 4.42. The predicted octanol–water partition coefficient (Wildman–Crippen LogP) is -0.964. The molecule has 1 aromatic rings. The van der Waals surface area contributed by atoms with Crippen molar-refractivity contribution in [3.63, 3.8) is 0 Å². The Morgan fingerprint density at radius 1 is 1.59 bits per heavy atom. The smallest absolute Gasteiger partial charge is 0.330 e. The van der Waals surface area contributed by atoms with E-state index in [0.29, 0.717) is 4.57 Å². The maximum absolute atomic E-state index is 14.2. The molecular weight excluding hydrogens is 306 g/mol. The summed E-state index contributed by atoms with van der Waals surface area (Å²) in [5.41, 5.74) is -3.80. The molecule has 0 spiro atoms. The van der Waals surface area contributed by atoms with Crippen LogP contribution in [0, 0.1) is 0 Å². The molecule has 1 saturated heterocycles. The SMILES string of the molecule is CC(=O)OC[C@@]1(CF)O[C@@H](n2ccc(=O)[nH]c2=O)[C@H](F)[C@@H]1O. The monoisotopic (exact) mass is 320 g/mol. The van der Waals surface area contributed by atoms with Gasteiger partial charge >= 0.3 is 11.7 Å². The second-order valence-corrected chi connectivity index (χ2v) is 4.89. The fraction of sp³-hybridized carbons (Fsp3) is 0.583. The number of hydrogen-bond acceptors (Lipinski definition) is 6. The number of alkyl halides is 2. The van der Waals surface area contributed by atoms with Gasteiger partial charge in [-0.05, 0) is 0 Å². The zero-order valence-electron chi connectivity index (χ0n) is 11.5. The minimum absolute atomic E-state index is 0.681. The third-order valence-corrected chi connectivity index (χ3v) is 3.34. The van der Waals surface area contributed by atoms with Crippen molar-refractivity contribution in [3.05, 3.63) is 33.1 Å². The van der Waals surface area contributed by atoms with E-state index in [0.717, 1.165) is 19.2 Å². The quantitative estimate of drug-likeness (QED) is 0.691. The molecule has 0 aliphatic carbocycles. The maximum Gasteiger partial charge on any atom is 0.330 e. The summed E-state index contributed by atoms with van der Waals surface area (Å²) in [4.78, 5) is 35.3. The van der Waals surface area contributed by atoms with E-state index < -0.39 is 54.6 Å². The van der Waals surface area contributed by atoms with E-state index in [1.807, 2.05) is 4.98 Å². The van der Waals surface area contributed by atoms with Gasteiger partial charge in [-0.15, -0.1) is 0 Å². The number of aromatic nitrogens is 2. The zero-order chi connectivity index (χ0) is 16.5. The molecule has 0 radical (unpaired) electrons. The van der Waals surface area contributed by atoms with E-state index in [-0.39, 0.29) is 0 Å². The summed E-state index contributed by atoms with van der Waals surface area (Å²) in [6.45, 7) is -0.990. The largest absolute Gasteiger partial charge is 0.463 e. The van der Waals surface area contributed by atoms with E-state index in [1.54, 1.807) is 0 Å². The van der Waals surface area contributed by atoms with Crippen molar-refractivity contribution < 1.29 is 28.2 Å². The Morgan fingerprint density at radius 3 is 2.82 bits per heavy atom. The number of esters is 1. The Hall–Kier alpha value is -2.07. The molecule has 0 amide bonds. The van der Waals surface area contributed by atoms with Crippen LogP contribution in [0.5, 0.6) is 0 Å². The van der Waals surface area contributed by atoms with E-state index in [1.165, 1.54) is 0 Å². The van der Waals surface area contributed by atoms with Crippen LogP contribution in [0.25, 0.3) is 0 Å². The van der Waals surface area contributed by atoms with Crippen molar-refractivity contribution in [3.8, 4) is 0 Å². The van der Waals surface area contributed by atoms with Crippen LogP contribution in [0.15, 0.2) is 21.9 Å². The Balaban J connectivity index is 2.34. The van der Waals surface area contributed by atoms with Crippen molar-refractivity contribution in [1.82, 2.24) is 9.55 Å². The van der Waals surface area contributed by atoms with Crippen LogP contribution in [-0.2, 0) is 14.3 Å². The van der Waals surface area contributed by atoms with Gasteiger partial charge in [-0.25, -0.2) is 13.6 Å². The van der Waals surface area contributed by atoms with Crippen LogP contribution in [-0.4, -0.2) is 51.8 Å². The van der Waals surface area contributed by atoms with E-state index in [9.17, 15) is 28.3 Å². The molecule has 1 aliphatic heterocycles. The van der Waals surface area contributed by atoms with Gasteiger partial charge in [0.15, 0.2) is 18.0 Å². The number of carbonyl (C=O) groups excluding carboxylic acids is 1. The predicted molar refractivity (Wildman–Crippen MR) is 67.7 cm³/mol. The highest BCUT2D eigenvalue weighted by molar-refractivity contribution is 5.66. The molecule has 0 unspecified atom stereocenters. The Morgan fingerprint density at radius 2 is 2.27 bits per heavy atom. The lowest BCUT2D eigenvalue weighted by atomic mass is 9.98. The van der Waals surface area contributed by atoms with Crippen LogP contribution in [0.2, 0.25) is 0 Å². The van der Waals surface area contributed by atoms with Crippen molar-refractivity contribution in [2.75, 3.05) is 13.3 Å². The maximum atomic E-state index is 14.2. The van der Waals surface area contributed by atoms with Gasteiger partial charge in [-0.2, -0.15) is 0 Å². The Labute approximate surface area is 122 Å². The van der Waals surface area contributed by atoms with Crippen molar-refractivity contribution in [2.45, 2.75) is 31.0 Å². The molecule has 4 atom stereocenters. The highest BCUT2D eigenvalue weighted by Crippen LogP contribution is 2.39. The average Bonchev–Trinajstić information content (AvgIpc) is 2.71. The van der Waals surface area contributed by atoms with Gasteiger partial charge in [-0.1, -0.05) is 0 Å². The fourth-order valence-corrected chi connectivity index (χ4v) is 2.15. The Bertz CT molecular complexity index is 674. The third kappa shape index (κ3) is 2.79. The number of aliphatic hydroxyl groups excluding tert-OH is 1. The van der Waals surface area contributed by atoms with Crippen LogP contribution in [0.1, 0.15) is 13.2 Å². The van der Waals surface area contributed by atoms with Crippen molar-refractivity contribution in [1.29, 1.82) is 0 Å². The summed E-state index contributed by atoms with van der Waals surface area (Å²) in [5, 5.41) is 9.88. The lowest BCUT2D eigenvalue weighted by Gasteiger charge is -2.27. The number of carbonyl (C=O) groups is 1. The van der Waals surface area contributed by atoms with Crippen LogP contribution >= 0.6 is 0 Å². The zero-order valence-corrected chi connectivity index (χ0v) is 11.5. The fourth-order valence-electron chi connectivity index (χ4n) is 2.15. The normalized spacial score (nSPS) is 31.2. The van der Waals surface area contributed by atoms with Crippen LogP contribution in [0.4, 0.5) is 8.78 Å². The van der Waals surface area contributed by atoms with Gasteiger partial charge in [0, 0.05) is 19.2 Å². The number of rotatable bonds is 4. The molecule has 1 aliphatic rings. The second kappa shape index (κ2) is 5.97. The number of halogens is 2. The van der Waals surface area contributed by atoms with Crippen LogP contribution in [0.3, 0.4) is 0 Å². The van der Waals surface area contributed by atoms with E-state index in [4.69, 9.17) is 4.74 Å². The van der Waals surface area contributed by atoms with Gasteiger partial charge in [0.2, 0.25) is 0 Å². The summed E-state index contributed by atoms with van der Waals surface area (Å²) in [7, 11) is 0. The molecule has 2 N–H and O–H groups in total.